The minimum absolute atomic E-state index is 0.264. The number of hydrogen-bond acceptors (Lipinski definition) is 4. The van der Waals surface area contributed by atoms with E-state index in [4.69, 9.17) is 4.74 Å². The van der Waals surface area contributed by atoms with Crippen molar-refractivity contribution >= 4 is 12.0 Å². The standard InChI is InChI=1S/C20H27N3O3/c1-3-26-19(24)18-14(2)21-20(25)22-17(18)13-23-11-7-10-16(23)12-15-8-5-4-6-9-15/h4-6,8-9,14,16H,3,7,10-13H2,1-2H3,(H2,21,22,25). The van der Waals surface area contributed by atoms with Gasteiger partial charge >= 0.3 is 12.0 Å². The van der Waals surface area contributed by atoms with Crippen LogP contribution in [0.5, 0.6) is 0 Å². The van der Waals surface area contributed by atoms with Crippen molar-refractivity contribution in [1.29, 1.82) is 0 Å². The number of nitrogens with one attached hydrogen (secondary N) is 2. The van der Waals surface area contributed by atoms with Crippen molar-refractivity contribution in [2.75, 3.05) is 19.7 Å². The van der Waals surface area contributed by atoms with Crippen LogP contribution in [-0.2, 0) is 16.0 Å². The maximum atomic E-state index is 12.4. The molecule has 6 nitrogen and oxygen atoms in total. The Bertz CT molecular complexity index is 687. The van der Waals surface area contributed by atoms with E-state index in [2.05, 4.69) is 39.8 Å². The molecule has 1 saturated heterocycles. The quantitative estimate of drug-likeness (QED) is 0.766. The van der Waals surface area contributed by atoms with Crippen LogP contribution in [-0.4, -0.2) is 48.7 Å². The molecule has 2 N–H and O–H groups in total. The summed E-state index contributed by atoms with van der Waals surface area (Å²) in [7, 11) is 0. The Balaban J connectivity index is 1.78. The van der Waals surface area contributed by atoms with Gasteiger partial charge in [0, 0.05) is 18.3 Å². The van der Waals surface area contributed by atoms with E-state index in [-0.39, 0.29) is 18.0 Å². The second-order valence-electron chi connectivity index (χ2n) is 6.89. The molecule has 0 radical (unpaired) electrons. The first-order valence-corrected chi connectivity index (χ1v) is 9.34. The van der Waals surface area contributed by atoms with Gasteiger partial charge in [0.15, 0.2) is 0 Å². The molecule has 2 aliphatic heterocycles. The van der Waals surface area contributed by atoms with E-state index in [9.17, 15) is 9.59 Å². The van der Waals surface area contributed by atoms with Crippen LogP contribution in [0.1, 0.15) is 32.3 Å². The van der Waals surface area contributed by atoms with Crippen LogP contribution in [0.4, 0.5) is 4.79 Å². The molecule has 0 saturated carbocycles. The van der Waals surface area contributed by atoms with Crippen LogP contribution < -0.4 is 10.6 Å². The van der Waals surface area contributed by atoms with Crippen molar-refractivity contribution < 1.29 is 14.3 Å². The van der Waals surface area contributed by atoms with Crippen LogP contribution in [0.25, 0.3) is 0 Å². The summed E-state index contributed by atoms with van der Waals surface area (Å²) < 4.78 is 5.20. The number of amides is 2. The predicted molar refractivity (Wildman–Crippen MR) is 99.5 cm³/mol. The Labute approximate surface area is 154 Å². The smallest absolute Gasteiger partial charge is 0.337 e. The van der Waals surface area contributed by atoms with Gasteiger partial charge in [0.2, 0.25) is 0 Å². The lowest BCUT2D eigenvalue weighted by Crippen LogP contribution is -2.51. The molecular weight excluding hydrogens is 330 g/mol. The topological polar surface area (TPSA) is 70.7 Å². The van der Waals surface area contributed by atoms with Crippen LogP contribution in [0.15, 0.2) is 41.6 Å². The van der Waals surface area contributed by atoms with Gasteiger partial charge in [-0.1, -0.05) is 30.3 Å². The van der Waals surface area contributed by atoms with Gasteiger partial charge in [-0.05, 0) is 45.2 Å². The van der Waals surface area contributed by atoms with Gasteiger partial charge in [-0.25, -0.2) is 9.59 Å². The third kappa shape index (κ3) is 4.25. The number of benzene rings is 1. The highest BCUT2D eigenvalue weighted by Gasteiger charge is 2.33. The largest absolute Gasteiger partial charge is 0.463 e. The fourth-order valence-corrected chi connectivity index (χ4v) is 3.83. The number of ether oxygens (including phenoxy) is 1. The van der Waals surface area contributed by atoms with Crippen LogP contribution >= 0.6 is 0 Å². The van der Waals surface area contributed by atoms with Gasteiger partial charge in [0.1, 0.15) is 0 Å². The third-order valence-corrected chi connectivity index (χ3v) is 5.04. The molecule has 0 spiro atoms. The lowest BCUT2D eigenvalue weighted by molar-refractivity contribution is -0.139. The fourth-order valence-electron chi connectivity index (χ4n) is 3.83. The highest BCUT2D eigenvalue weighted by Crippen LogP contribution is 2.24. The summed E-state index contributed by atoms with van der Waals surface area (Å²) in [4.78, 5) is 26.7. The summed E-state index contributed by atoms with van der Waals surface area (Å²) in [6, 6.07) is 10.2. The zero-order chi connectivity index (χ0) is 18.5. The predicted octanol–water partition coefficient (Wildman–Crippen LogP) is 2.21. The molecule has 0 aromatic heterocycles. The molecule has 2 unspecified atom stereocenters. The summed E-state index contributed by atoms with van der Waals surface area (Å²) >= 11 is 0. The first-order chi connectivity index (χ1) is 12.6. The molecule has 2 aliphatic rings. The van der Waals surface area contributed by atoms with E-state index in [1.807, 2.05) is 13.0 Å². The summed E-state index contributed by atoms with van der Waals surface area (Å²) in [6.45, 7) is 5.44. The molecule has 1 aromatic rings. The molecule has 3 rings (SSSR count). The molecule has 2 atom stereocenters. The van der Waals surface area contributed by atoms with Gasteiger partial charge in [-0.2, -0.15) is 0 Å². The fraction of sp³-hybridized carbons (Fsp3) is 0.500. The molecule has 0 aliphatic carbocycles. The Morgan fingerprint density at radius 1 is 1.31 bits per heavy atom. The first-order valence-electron chi connectivity index (χ1n) is 9.34. The minimum Gasteiger partial charge on any atom is -0.463 e. The average molecular weight is 357 g/mol. The molecule has 1 fully saturated rings. The zero-order valence-electron chi connectivity index (χ0n) is 15.5. The number of carbonyl (C=O) groups is 2. The molecule has 6 heteroatoms. The second-order valence-corrected chi connectivity index (χ2v) is 6.89. The Hall–Kier alpha value is -2.34. The normalized spacial score (nSPS) is 23.5. The van der Waals surface area contributed by atoms with Crippen LogP contribution in [0.2, 0.25) is 0 Å². The van der Waals surface area contributed by atoms with Gasteiger partial charge in [0.05, 0.1) is 18.2 Å². The number of carbonyl (C=O) groups excluding carboxylic acids is 2. The van der Waals surface area contributed by atoms with Crippen LogP contribution in [0, 0.1) is 0 Å². The molecular formula is C20H27N3O3. The minimum atomic E-state index is -0.360. The van der Waals surface area contributed by atoms with Gasteiger partial charge in [-0.15, -0.1) is 0 Å². The summed E-state index contributed by atoms with van der Waals surface area (Å²) in [6.07, 6.45) is 3.23. The number of nitrogens with zero attached hydrogens (tertiary/aromatic N) is 1. The Morgan fingerprint density at radius 3 is 2.81 bits per heavy atom. The first kappa shape index (κ1) is 18.5. The van der Waals surface area contributed by atoms with Crippen molar-refractivity contribution in [2.24, 2.45) is 0 Å². The highest BCUT2D eigenvalue weighted by molar-refractivity contribution is 5.94. The molecule has 2 heterocycles. The number of hydrogen-bond donors (Lipinski definition) is 2. The summed E-state index contributed by atoms with van der Waals surface area (Å²) in [5, 5.41) is 5.58. The number of likely N-dealkylation sites (tertiary alicyclic amines) is 1. The Morgan fingerprint density at radius 2 is 2.08 bits per heavy atom. The van der Waals surface area contributed by atoms with E-state index in [0.29, 0.717) is 30.5 Å². The molecule has 2 amide bonds. The lowest BCUT2D eigenvalue weighted by atomic mass is 10.0. The van der Waals surface area contributed by atoms with Crippen molar-refractivity contribution in [3.63, 3.8) is 0 Å². The van der Waals surface area contributed by atoms with Crippen molar-refractivity contribution in [2.45, 2.75) is 45.2 Å². The van der Waals surface area contributed by atoms with Crippen LogP contribution in [0.3, 0.4) is 0 Å². The third-order valence-electron chi connectivity index (χ3n) is 5.04. The number of urea groups is 1. The number of esters is 1. The average Bonchev–Trinajstić information content (AvgIpc) is 3.02. The SMILES string of the molecule is CCOC(=O)C1=C(CN2CCCC2Cc2ccccc2)NC(=O)NC1C. The van der Waals surface area contributed by atoms with Gasteiger partial charge in [0.25, 0.3) is 0 Å². The summed E-state index contributed by atoms with van der Waals surface area (Å²) in [5.41, 5.74) is 2.50. The van der Waals surface area contributed by atoms with E-state index in [0.717, 1.165) is 25.8 Å². The maximum absolute atomic E-state index is 12.4. The Kier molecular flexibility index (Phi) is 5.93. The maximum Gasteiger partial charge on any atom is 0.337 e. The zero-order valence-corrected chi connectivity index (χ0v) is 15.5. The van der Waals surface area contributed by atoms with Crippen molar-refractivity contribution in [3.8, 4) is 0 Å². The molecule has 26 heavy (non-hydrogen) atoms. The molecule has 140 valence electrons. The second kappa shape index (κ2) is 8.36. The van der Waals surface area contributed by atoms with E-state index in [1.54, 1.807) is 6.92 Å². The number of rotatable bonds is 6. The highest BCUT2D eigenvalue weighted by atomic mass is 16.5. The van der Waals surface area contributed by atoms with Crippen molar-refractivity contribution in [3.05, 3.63) is 47.2 Å². The van der Waals surface area contributed by atoms with Crippen molar-refractivity contribution in [1.82, 2.24) is 15.5 Å². The van der Waals surface area contributed by atoms with E-state index >= 15 is 0 Å². The molecule has 0 bridgehead atoms. The molecule has 1 aromatic carbocycles. The lowest BCUT2D eigenvalue weighted by Gasteiger charge is -2.31. The monoisotopic (exact) mass is 357 g/mol. The summed E-state index contributed by atoms with van der Waals surface area (Å²) in [5.74, 6) is -0.360. The van der Waals surface area contributed by atoms with E-state index < -0.39 is 0 Å². The van der Waals surface area contributed by atoms with Gasteiger partial charge < -0.3 is 15.4 Å². The van der Waals surface area contributed by atoms with Gasteiger partial charge in [-0.3, -0.25) is 4.90 Å². The van der Waals surface area contributed by atoms with E-state index in [1.165, 1.54) is 5.56 Å².